The number of ether oxygens (including phenoxy) is 2. The van der Waals surface area contributed by atoms with Crippen LogP contribution in [0.3, 0.4) is 0 Å². The van der Waals surface area contributed by atoms with Crippen LogP contribution in [0.4, 0.5) is 0 Å². The van der Waals surface area contributed by atoms with Crippen LogP contribution in [-0.4, -0.2) is 11.8 Å². The van der Waals surface area contributed by atoms with E-state index in [1.165, 1.54) is 17.5 Å². The molecule has 3 rings (SSSR count). The molecule has 4 heteroatoms. The van der Waals surface area contributed by atoms with Crippen LogP contribution in [-0.2, 0) is 17.6 Å². The molecule has 0 saturated carbocycles. The Morgan fingerprint density at radius 1 is 1.32 bits per heavy atom. The lowest BCUT2D eigenvalue weighted by molar-refractivity contribution is -0.0349. The van der Waals surface area contributed by atoms with Gasteiger partial charge in [0.05, 0.1) is 5.02 Å². The molecular formula is C15H18ClNO2. The average molecular weight is 280 g/mol. The zero-order valence-corrected chi connectivity index (χ0v) is 12.0. The van der Waals surface area contributed by atoms with E-state index in [1.54, 1.807) is 12.5 Å². The third-order valence-corrected chi connectivity index (χ3v) is 3.98. The van der Waals surface area contributed by atoms with Crippen molar-refractivity contribution in [3.8, 4) is 5.75 Å². The summed E-state index contributed by atoms with van der Waals surface area (Å²) in [6.45, 7) is 3.97. The predicted molar refractivity (Wildman–Crippen MR) is 75.3 cm³/mol. The molecule has 102 valence electrons. The van der Waals surface area contributed by atoms with Crippen molar-refractivity contribution in [3.05, 3.63) is 40.7 Å². The highest BCUT2D eigenvalue weighted by Gasteiger charge is 2.35. The Hall–Kier alpha value is -1.35. The minimum Gasteiger partial charge on any atom is -0.480 e. The molecule has 1 aliphatic heterocycles. The van der Waals surface area contributed by atoms with E-state index in [-0.39, 0.29) is 6.23 Å². The number of benzene rings is 1. The van der Waals surface area contributed by atoms with E-state index in [2.05, 4.69) is 11.4 Å². The quantitative estimate of drug-likeness (QED) is 0.920. The normalized spacial score (nSPS) is 20.9. The maximum absolute atomic E-state index is 6.32. The highest BCUT2D eigenvalue weighted by molar-refractivity contribution is 6.32. The van der Waals surface area contributed by atoms with Gasteiger partial charge in [-0.3, -0.25) is 0 Å². The number of hydrogen-bond donors (Lipinski definition) is 1. The van der Waals surface area contributed by atoms with Crippen molar-refractivity contribution in [2.24, 2.45) is 0 Å². The maximum Gasteiger partial charge on any atom is 0.208 e. The second-order valence-electron chi connectivity index (χ2n) is 5.60. The van der Waals surface area contributed by atoms with E-state index in [9.17, 15) is 0 Å². The van der Waals surface area contributed by atoms with E-state index >= 15 is 0 Å². The third-order valence-electron chi connectivity index (χ3n) is 3.68. The first-order valence-corrected chi connectivity index (χ1v) is 7.01. The van der Waals surface area contributed by atoms with Crippen LogP contribution >= 0.6 is 11.6 Å². The third kappa shape index (κ3) is 2.39. The second kappa shape index (κ2) is 4.64. The van der Waals surface area contributed by atoms with Crippen molar-refractivity contribution in [3.63, 3.8) is 0 Å². The molecule has 3 nitrogen and oxygen atoms in total. The van der Waals surface area contributed by atoms with E-state index in [0.29, 0.717) is 5.02 Å². The van der Waals surface area contributed by atoms with Crippen LogP contribution in [0.25, 0.3) is 0 Å². The molecule has 0 saturated heterocycles. The Morgan fingerprint density at radius 2 is 2.05 bits per heavy atom. The fourth-order valence-electron chi connectivity index (χ4n) is 2.63. The molecule has 1 aliphatic carbocycles. The fraction of sp³-hybridized carbons (Fsp3) is 0.467. The number of fused-ring (bicyclic) bond motifs is 1. The average Bonchev–Trinajstić information content (AvgIpc) is 2.98. The number of rotatable bonds is 3. The monoisotopic (exact) mass is 279 g/mol. The minimum atomic E-state index is -0.500. The predicted octanol–water partition coefficient (Wildman–Crippen LogP) is 3.40. The number of halogens is 1. The molecule has 0 fully saturated rings. The van der Waals surface area contributed by atoms with Gasteiger partial charge in [0.25, 0.3) is 0 Å². The van der Waals surface area contributed by atoms with Crippen molar-refractivity contribution in [2.45, 2.75) is 44.9 Å². The lowest BCUT2D eigenvalue weighted by Crippen LogP contribution is -2.48. The lowest BCUT2D eigenvalue weighted by Gasteiger charge is -2.32. The molecule has 19 heavy (non-hydrogen) atoms. The van der Waals surface area contributed by atoms with Gasteiger partial charge >= 0.3 is 0 Å². The van der Waals surface area contributed by atoms with Gasteiger partial charge in [-0.15, -0.1) is 0 Å². The Kier molecular flexibility index (Phi) is 3.09. The van der Waals surface area contributed by atoms with Gasteiger partial charge < -0.3 is 14.8 Å². The smallest absolute Gasteiger partial charge is 0.208 e. The SMILES string of the molecule is CC(C)(Oc1cc2c(cc1Cl)CCC2)[C@H]1NC=CO1. The molecule has 0 unspecified atom stereocenters. The van der Waals surface area contributed by atoms with E-state index in [1.807, 2.05) is 19.9 Å². The van der Waals surface area contributed by atoms with Crippen molar-refractivity contribution in [1.29, 1.82) is 0 Å². The Morgan fingerprint density at radius 3 is 2.74 bits per heavy atom. The molecule has 1 N–H and O–H groups in total. The summed E-state index contributed by atoms with van der Waals surface area (Å²) in [6.07, 6.45) is 6.66. The first-order chi connectivity index (χ1) is 9.06. The maximum atomic E-state index is 6.32. The molecule has 1 heterocycles. The van der Waals surface area contributed by atoms with Crippen LogP contribution in [0.15, 0.2) is 24.6 Å². The summed E-state index contributed by atoms with van der Waals surface area (Å²) in [5, 5.41) is 3.80. The molecule has 0 bridgehead atoms. The molecular weight excluding hydrogens is 262 g/mol. The molecule has 1 aromatic carbocycles. The van der Waals surface area contributed by atoms with Gasteiger partial charge in [-0.2, -0.15) is 0 Å². The lowest BCUT2D eigenvalue weighted by atomic mass is 10.1. The Bertz CT molecular complexity index is 517. The van der Waals surface area contributed by atoms with E-state index < -0.39 is 5.60 Å². The van der Waals surface area contributed by atoms with Crippen molar-refractivity contribution in [1.82, 2.24) is 5.32 Å². The van der Waals surface area contributed by atoms with Crippen LogP contribution < -0.4 is 10.1 Å². The van der Waals surface area contributed by atoms with Gasteiger partial charge in [0.2, 0.25) is 6.23 Å². The molecule has 0 radical (unpaired) electrons. The van der Waals surface area contributed by atoms with Gasteiger partial charge in [-0.1, -0.05) is 11.6 Å². The van der Waals surface area contributed by atoms with E-state index in [4.69, 9.17) is 21.1 Å². The van der Waals surface area contributed by atoms with E-state index in [0.717, 1.165) is 18.6 Å². The summed E-state index contributed by atoms with van der Waals surface area (Å²) < 4.78 is 11.5. The molecule has 1 aromatic rings. The summed E-state index contributed by atoms with van der Waals surface area (Å²) in [7, 11) is 0. The molecule has 0 aromatic heterocycles. The topological polar surface area (TPSA) is 30.5 Å². The number of aryl methyl sites for hydroxylation is 2. The van der Waals surface area contributed by atoms with Crippen LogP contribution in [0, 0.1) is 0 Å². The number of nitrogens with one attached hydrogen (secondary N) is 1. The van der Waals surface area contributed by atoms with Gasteiger partial charge in [0.15, 0.2) is 5.60 Å². The minimum absolute atomic E-state index is 0.197. The Balaban J connectivity index is 1.83. The van der Waals surface area contributed by atoms with Gasteiger partial charge in [-0.25, -0.2) is 0 Å². The van der Waals surface area contributed by atoms with Crippen molar-refractivity contribution in [2.75, 3.05) is 0 Å². The summed E-state index contributed by atoms with van der Waals surface area (Å²) >= 11 is 6.32. The van der Waals surface area contributed by atoms with Crippen molar-refractivity contribution < 1.29 is 9.47 Å². The first kappa shape index (κ1) is 12.7. The van der Waals surface area contributed by atoms with Gasteiger partial charge in [-0.05, 0) is 56.4 Å². The zero-order chi connectivity index (χ0) is 13.5. The van der Waals surface area contributed by atoms with Crippen LogP contribution in [0.1, 0.15) is 31.4 Å². The van der Waals surface area contributed by atoms with Crippen molar-refractivity contribution >= 4 is 11.6 Å². The number of hydrogen-bond acceptors (Lipinski definition) is 3. The van der Waals surface area contributed by atoms with Crippen LogP contribution in [0.5, 0.6) is 5.75 Å². The fourth-order valence-corrected chi connectivity index (χ4v) is 2.86. The van der Waals surface area contributed by atoms with Crippen LogP contribution in [0.2, 0.25) is 5.02 Å². The summed E-state index contributed by atoms with van der Waals surface area (Å²) in [6, 6.07) is 4.12. The summed E-state index contributed by atoms with van der Waals surface area (Å²) in [5.41, 5.74) is 2.21. The molecule has 1 atom stereocenters. The molecule has 2 aliphatic rings. The standard InChI is InChI=1S/C15H18ClNO2/c1-15(2,14-17-6-7-18-14)19-13-9-11-5-3-4-10(11)8-12(13)16/h6-9,14,17H,3-5H2,1-2H3/t14-/m0/s1. The summed E-state index contributed by atoms with van der Waals surface area (Å²) in [4.78, 5) is 0. The second-order valence-corrected chi connectivity index (χ2v) is 6.00. The largest absolute Gasteiger partial charge is 0.480 e. The Labute approximate surface area is 118 Å². The molecule has 0 spiro atoms. The highest BCUT2D eigenvalue weighted by atomic mass is 35.5. The highest BCUT2D eigenvalue weighted by Crippen LogP contribution is 2.35. The van der Waals surface area contributed by atoms with Gasteiger partial charge in [0, 0.05) is 6.20 Å². The van der Waals surface area contributed by atoms with Gasteiger partial charge in [0.1, 0.15) is 12.0 Å². The molecule has 0 amide bonds. The first-order valence-electron chi connectivity index (χ1n) is 6.63. The summed E-state index contributed by atoms with van der Waals surface area (Å²) in [5.74, 6) is 0.740. The zero-order valence-electron chi connectivity index (χ0n) is 11.2.